The summed E-state index contributed by atoms with van der Waals surface area (Å²) in [7, 11) is -3.78. The van der Waals surface area contributed by atoms with Gasteiger partial charge in [0.1, 0.15) is 0 Å². The average molecular weight is 386 g/mol. The van der Waals surface area contributed by atoms with Crippen LogP contribution in [0.15, 0.2) is 47.0 Å². The number of benzene rings is 1. The zero-order chi connectivity index (χ0) is 19.4. The SMILES string of the molecule is Cc1cc(C)nc(NS(=O)(=O)c2ccc(N/C=C3\CCCCC3=O)cc2)n1. The number of Topliss-reactive ketones (excluding diaryl/α,β-unsaturated/α-hetero) is 1. The molecule has 1 aromatic heterocycles. The van der Waals surface area contributed by atoms with E-state index in [1.54, 1.807) is 38.2 Å². The van der Waals surface area contributed by atoms with Gasteiger partial charge in [-0.15, -0.1) is 0 Å². The van der Waals surface area contributed by atoms with E-state index >= 15 is 0 Å². The van der Waals surface area contributed by atoms with Crippen molar-refractivity contribution in [3.8, 4) is 0 Å². The number of ketones is 1. The maximum atomic E-state index is 12.5. The summed E-state index contributed by atoms with van der Waals surface area (Å²) < 4.78 is 27.4. The highest BCUT2D eigenvalue weighted by atomic mass is 32.2. The summed E-state index contributed by atoms with van der Waals surface area (Å²) >= 11 is 0. The number of rotatable bonds is 5. The molecule has 8 heteroatoms. The fourth-order valence-electron chi connectivity index (χ4n) is 2.91. The van der Waals surface area contributed by atoms with Gasteiger partial charge in [0.2, 0.25) is 5.95 Å². The van der Waals surface area contributed by atoms with Gasteiger partial charge in [0.25, 0.3) is 10.0 Å². The number of carbonyl (C=O) groups excluding carboxylic acids is 1. The van der Waals surface area contributed by atoms with Crippen LogP contribution in [0.1, 0.15) is 37.1 Å². The van der Waals surface area contributed by atoms with Crippen LogP contribution >= 0.6 is 0 Å². The molecule has 7 nitrogen and oxygen atoms in total. The lowest BCUT2D eigenvalue weighted by Gasteiger charge is -2.13. The number of hydrogen-bond donors (Lipinski definition) is 2. The molecule has 2 aromatic rings. The second-order valence-electron chi connectivity index (χ2n) is 6.55. The molecule has 142 valence electrons. The van der Waals surface area contributed by atoms with Crippen LogP contribution in [0, 0.1) is 13.8 Å². The summed E-state index contributed by atoms with van der Waals surface area (Å²) in [4.78, 5) is 20.1. The first-order valence-corrected chi connectivity index (χ1v) is 10.3. The molecule has 1 aromatic carbocycles. The predicted molar refractivity (Wildman–Crippen MR) is 104 cm³/mol. The van der Waals surface area contributed by atoms with E-state index in [9.17, 15) is 13.2 Å². The summed E-state index contributed by atoms with van der Waals surface area (Å²) in [5.41, 5.74) is 2.86. The van der Waals surface area contributed by atoms with E-state index in [2.05, 4.69) is 20.0 Å². The first-order valence-electron chi connectivity index (χ1n) is 8.77. The standard InChI is InChI=1S/C19H22N4O3S/c1-13-11-14(2)22-19(21-13)23-27(25,26)17-9-7-16(8-10-17)20-12-15-5-3-4-6-18(15)24/h7-12,20H,3-6H2,1-2H3,(H,21,22,23)/b15-12+. The van der Waals surface area contributed by atoms with Crippen molar-refractivity contribution in [2.24, 2.45) is 0 Å². The van der Waals surface area contributed by atoms with Gasteiger partial charge in [0.05, 0.1) is 4.90 Å². The van der Waals surface area contributed by atoms with Crippen molar-refractivity contribution in [2.75, 3.05) is 10.0 Å². The van der Waals surface area contributed by atoms with E-state index in [0.717, 1.165) is 24.8 Å². The number of carbonyl (C=O) groups is 1. The topological polar surface area (TPSA) is 101 Å². The number of aromatic nitrogens is 2. The lowest BCUT2D eigenvalue weighted by Crippen LogP contribution is -2.15. The van der Waals surface area contributed by atoms with Crippen LogP contribution in [-0.2, 0) is 14.8 Å². The minimum absolute atomic E-state index is 0.0512. The van der Waals surface area contributed by atoms with Gasteiger partial charge < -0.3 is 5.32 Å². The Hall–Kier alpha value is -2.74. The largest absolute Gasteiger partial charge is 0.361 e. The first kappa shape index (κ1) is 19.0. The van der Waals surface area contributed by atoms with Crippen LogP contribution in [0.2, 0.25) is 0 Å². The summed E-state index contributed by atoms with van der Waals surface area (Å²) in [6.07, 6.45) is 5.05. The van der Waals surface area contributed by atoms with E-state index in [-0.39, 0.29) is 16.6 Å². The molecular weight excluding hydrogens is 364 g/mol. The number of anilines is 2. The monoisotopic (exact) mass is 386 g/mol. The molecule has 27 heavy (non-hydrogen) atoms. The molecule has 0 spiro atoms. The molecule has 2 N–H and O–H groups in total. The van der Waals surface area contributed by atoms with Crippen molar-refractivity contribution in [1.82, 2.24) is 9.97 Å². The highest BCUT2D eigenvalue weighted by Gasteiger charge is 2.17. The number of allylic oxidation sites excluding steroid dienone is 1. The van der Waals surface area contributed by atoms with Crippen molar-refractivity contribution in [2.45, 2.75) is 44.4 Å². The smallest absolute Gasteiger partial charge is 0.264 e. The van der Waals surface area contributed by atoms with Gasteiger partial charge in [-0.2, -0.15) is 0 Å². The zero-order valence-electron chi connectivity index (χ0n) is 15.3. The van der Waals surface area contributed by atoms with Gasteiger partial charge in [-0.1, -0.05) is 0 Å². The van der Waals surface area contributed by atoms with Gasteiger partial charge in [-0.05, 0) is 63.4 Å². The second-order valence-corrected chi connectivity index (χ2v) is 8.23. The number of hydrogen-bond acceptors (Lipinski definition) is 6. The van der Waals surface area contributed by atoms with Crippen LogP contribution in [0.25, 0.3) is 0 Å². The first-order chi connectivity index (χ1) is 12.8. The van der Waals surface area contributed by atoms with Crippen molar-refractivity contribution in [1.29, 1.82) is 0 Å². The third kappa shape index (κ3) is 4.91. The van der Waals surface area contributed by atoms with Crippen molar-refractivity contribution >= 4 is 27.4 Å². The predicted octanol–water partition coefficient (Wildman–Crippen LogP) is 3.33. The van der Waals surface area contributed by atoms with E-state index in [1.807, 2.05) is 0 Å². The third-order valence-electron chi connectivity index (χ3n) is 4.24. The van der Waals surface area contributed by atoms with Crippen molar-refractivity contribution < 1.29 is 13.2 Å². The fraction of sp³-hybridized carbons (Fsp3) is 0.316. The molecule has 1 saturated carbocycles. The molecule has 0 amide bonds. The van der Waals surface area contributed by atoms with E-state index < -0.39 is 10.0 Å². The Morgan fingerprint density at radius 3 is 2.26 bits per heavy atom. The molecule has 1 heterocycles. The fourth-order valence-corrected chi connectivity index (χ4v) is 3.85. The Morgan fingerprint density at radius 1 is 1.00 bits per heavy atom. The lowest BCUT2D eigenvalue weighted by atomic mass is 9.94. The van der Waals surface area contributed by atoms with E-state index in [4.69, 9.17) is 0 Å². The lowest BCUT2D eigenvalue weighted by molar-refractivity contribution is -0.116. The number of aryl methyl sites for hydroxylation is 2. The maximum absolute atomic E-state index is 12.5. The molecular formula is C19H22N4O3S. The third-order valence-corrected chi connectivity index (χ3v) is 5.59. The number of sulfonamides is 1. The molecule has 0 aliphatic heterocycles. The van der Waals surface area contributed by atoms with E-state index in [0.29, 0.717) is 23.5 Å². The van der Waals surface area contributed by atoms with E-state index in [1.165, 1.54) is 12.1 Å². The van der Waals surface area contributed by atoms with Crippen molar-refractivity contribution in [3.63, 3.8) is 0 Å². The van der Waals surface area contributed by atoms with Crippen LogP contribution in [-0.4, -0.2) is 24.2 Å². The minimum Gasteiger partial charge on any atom is -0.361 e. The van der Waals surface area contributed by atoms with Crippen LogP contribution in [0.5, 0.6) is 0 Å². The zero-order valence-corrected chi connectivity index (χ0v) is 16.1. The molecule has 1 aliphatic carbocycles. The Morgan fingerprint density at radius 2 is 1.63 bits per heavy atom. The molecule has 1 fully saturated rings. The summed E-state index contributed by atoms with van der Waals surface area (Å²) in [6, 6.07) is 8.06. The van der Waals surface area contributed by atoms with Gasteiger partial charge in [0, 0.05) is 35.3 Å². The molecule has 0 atom stereocenters. The van der Waals surface area contributed by atoms with Gasteiger partial charge in [-0.25, -0.2) is 23.1 Å². The second kappa shape index (κ2) is 7.87. The molecule has 0 unspecified atom stereocenters. The highest BCUT2D eigenvalue weighted by Crippen LogP contribution is 2.21. The Labute approximate surface area is 159 Å². The van der Waals surface area contributed by atoms with Crippen LogP contribution < -0.4 is 10.0 Å². The average Bonchev–Trinajstić information content (AvgIpc) is 2.60. The Kier molecular flexibility index (Phi) is 5.55. The Bertz CT molecular complexity index is 962. The Balaban J connectivity index is 1.72. The summed E-state index contributed by atoms with van der Waals surface area (Å²) in [6.45, 7) is 3.55. The number of nitrogens with one attached hydrogen (secondary N) is 2. The summed E-state index contributed by atoms with van der Waals surface area (Å²) in [5, 5.41) is 3.07. The summed E-state index contributed by atoms with van der Waals surface area (Å²) in [5.74, 6) is 0.223. The van der Waals surface area contributed by atoms with Crippen LogP contribution in [0.3, 0.4) is 0 Å². The molecule has 0 saturated heterocycles. The normalized spacial score (nSPS) is 16.4. The number of nitrogens with zero attached hydrogens (tertiary/aromatic N) is 2. The minimum atomic E-state index is -3.78. The van der Waals surface area contributed by atoms with Gasteiger partial charge in [-0.3, -0.25) is 4.79 Å². The van der Waals surface area contributed by atoms with Crippen LogP contribution in [0.4, 0.5) is 11.6 Å². The molecule has 0 bridgehead atoms. The molecule has 1 aliphatic rings. The van der Waals surface area contributed by atoms with Crippen molar-refractivity contribution in [3.05, 3.63) is 53.5 Å². The van der Waals surface area contributed by atoms with Gasteiger partial charge >= 0.3 is 0 Å². The maximum Gasteiger partial charge on any atom is 0.264 e. The molecule has 3 rings (SSSR count). The highest BCUT2D eigenvalue weighted by molar-refractivity contribution is 7.92. The molecule has 0 radical (unpaired) electrons. The van der Waals surface area contributed by atoms with Gasteiger partial charge in [0.15, 0.2) is 5.78 Å². The quantitative estimate of drug-likeness (QED) is 0.765.